The summed E-state index contributed by atoms with van der Waals surface area (Å²) in [6.45, 7) is 5.70. The van der Waals surface area contributed by atoms with E-state index in [0.717, 1.165) is 15.8 Å². The Kier molecular flexibility index (Phi) is 6.20. The zero-order valence-electron chi connectivity index (χ0n) is 14.5. The van der Waals surface area contributed by atoms with Crippen molar-refractivity contribution in [2.45, 2.75) is 20.8 Å². The van der Waals surface area contributed by atoms with Gasteiger partial charge in [0.15, 0.2) is 0 Å². The molecule has 25 heavy (non-hydrogen) atoms. The van der Waals surface area contributed by atoms with Crippen LogP contribution in [-0.4, -0.2) is 18.4 Å². The van der Waals surface area contributed by atoms with Crippen LogP contribution in [0.25, 0.3) is 0 Å². The minimum Gasteiger partial charge on any atom is -0.376 e. The number of nitrogens with one attached hydrogen (secondary N) is 3. The molecule has 2 aromatic carbocycles. The SMILES string of the molecule is CC(C)(C)C(=O)Nc1cccc(NCC(=O)Nc2cccc(Br)c2)c1. The fourth-order valence-electron chi connectivity index (χ4n) is 1.98. The summed E-state index contributed by atoms with van der Waals surface area (Å²) in [5.74, 6) is -0.209. The smallest absolute Gasteiger partial charge is 0.243 e. The third-order valence-electron chi connectivity index (χ3n) is 3.36. The monoisotopic (exact) mass is 403 g/mol. The Balaban J connectivity index is 1.91. The Morgan fingerprint density at radius 2 is 1.52 bits per heavy atom. The van der Waals surface area contributed by atoms with Crippen molar-refractivity contribution in [1.29, 1.82) is 0 Å². The van der Waals surface area contributed by atoms with Crippen LogP contribution in [0.15, 0.2) is 53.0 Å². The van der Waals surface area contributed by atoms with Gasteiger partial charge >= 0.3 is 0 Å². The van der Waals surface area contributed by atoms with Gasteiger partial charge in [0, 0.05) is 26.9 Å². The van der Waals surface area contributed by atoms with E-state index in [2.05, 4.69) is 31.9 Å². The normalized spacial score (nSPS) is 10.9. The van der Waals surface area contributed by atoms with Gasteiger partial charge in [0.1, 0.15) is 0 Å². The van der Waals surface area contributed by atoms with Crippen LogP contribution in [0.3, 0.4) is 0 Å². The molecule has 0 spiro atoms. The lowest BCUT2D eigenvalue weighted by Gasteiger charge is -2.18. The molecule has 5 nitrogen and oxygen atoms in total. The Morgan fingerprint density at radius 3 is 2.16 bits per heavy atom. The highest BCUT2D eigenvalue weighted by atomic mass is 79.9. The van der Waals surface area contributed by atoms with Gasteiger partial charge in [-0.25, -0.2) is 0 Å². The van der Waals surface area contributed by atoms with E-state index in [1.165, 1.54) is 0 Å². The maximum Gasteiger partial charge on any atom is 0.243 e. The highest BCUT2D eigenvalue weighted by Gasteiger charge is 2.21. The van der Waals surface area contributed by atoms with Crippen LogP contribution >= 0.6 is 15.9 Å². The van der Waals surface area contributed by atoms with Gasteiger partial charge in [-0.1, -0.05) is 48.8 Å². The average molecular weight is 404 g/mol. The van der Waals surface area contributed by atoms with Gasteiger partial charge in [-0.3, -0.25) is 9.59 Å². The predicted octanol–water partition coefficient (Wildman–Crippen LogP) is 4.48. The highest BCUT2D eigenvalue weighted by molar-refractivity contribution is 9.10. The molecule has 2 rings (SSSR count). The van der Waals surface area contributed by atoms with Crippen molar-refractivity contribution in [3.05, 3.63) is 53.0 Å². The van der Waals surface area contributed by atoms with Gasteiger partial charge in [-0.2, -0.15) is 0 Å². The first kappa shape index (κ1) is 19.0. The fraction of sp³-hybridized carbons (Fsp3) is 0.263. The van der Waals surface area contributed by atoms with Crippen LogP contribution in [0, 0.1) is 5.41 Å². The molecule has 0 aliphatic heterocycles. The van der Waals surface area contributed by atoms with E-state index in [4.69, 9.17) is 0 Å². The Hall–Kier alpha value is -2.34. The molecule has 3 N–H and O–H groups in total. The molecule has 6 heteroatoms. The quantitative estimate of drug-likeness (QED) is 0.688. The van der Waals surface area contributed by atoms with Crippen LogP contribution in [-0.2, 0) is 9.59 Å². The molecule has 0 saturated heterocycles. The molecule has 0 unspecified atom stereocenters. The van der Waals surface area contributed by atoms with Crippen molar-refractivity contribution in [3.63, 3.8) is 0 Å². The largest absolute Gasteiger partial charge is 0.376 e. The molecule has 0 atom stereocenters. The first-order valence-electron chi connectivity index (χ1n) is 7.95. The lowest BCUT2D eigenvalue weighted by molar-refractivity contribution is -0.123. The molecule has 0 fully saturated rings. The summed E-state index contributed by atoms with van der Waals surface area (Å²) in [6.07, 6.45) is 0. The number of carbonyl (C=O) groups excluding carboxylic acids is 2. The van der Waals surface area contributed by atoms with E-state index in [1.807, 2.05) is 63.2 Å². The third kappa shape index (κ3) is 6.23. The van der Waals surface area contributed by atoms with Gasteiger partial charge in [-0.15, -0.1) is 0 Å². The number of anilines is 3. The molecular weight excluding hydrogens is 382 g/mol. The standard InChI is InChI=1S/C19H22BrN3O2/c1-19(2,3)18(25)23-16-9-5-7-14(11-16)21-12-17(24)22-15-8-4-6-13(20)10-15/h4-11,21H,12H2,1-3H3,(H,22,24)(H,23,25). The third-order valence-corrected chi connectivity index (χ3v) is 3.86. The number of amides is 2. The molecular formula is C19H22BrN3O2. The first-order valence-corrected chi connectivity index (χ1v) is 8.74. The molecule has 0 saturated carbocycles. The van der Waals surface area contributed by atoms with Gasteiger partial charge in [0.25, 0.3) is 0 Å². The van der Waals surface area contributed by atoms with Gasteiger partial charge in [0.05, 0.1) is 6.54 Å². The summed E-state index contributed by atoms with van der Waals surface area (Å²) in [5, 5.41) is 8.75. The number of carbonyl (C=O) groups is 2. The summed E-state index contributed by atoms with van der Waals surface area (Å²) < 4.78 is 0.903. The molecule has 0 aliphatic carbocycles. The summed E-state index contributed by atoms with van der Waals surface area (Å²) in [7, 11) is 0. The second-order valence-corrected chi connectivity index (χ2v) is 7.61. The summed E-state index contributed by atoms with van der Waals surface area (Å²) in [6, 6.07) is 14.7. The zero-order valence-corrected chi connectivity index (χ0v) is 16.1. The maximum atomic E-state index is 12.0. The summed E-state index contributed by atoms with van der Waals surface area (Å²) in [4.78, 5) is 24.1. The van der Waals surface area contributed by atoms with E-state index in [-0.39, 0.29) is 18.4 Å². The number of hydrogen-bond donors (Lipinski definition) is 3. The highest BCUT2D eigenvalue weighted by Crippen LogP contribution is 2.20. The Morgan fingerprint density at radius 1 is 0.920 bits per heavy atom. The van der Waals surface area contributed by atoms with Crippen molar-refractivity contribution < 1.29 is 9.59 Å². The molecule has 2 amide bonds. The van der Waals surface area contributed by atoms with E-state index in [0.29, 0.717) is 5.69 Å². The maximum absolute atomic E-state index is 12.0. The van der Waals surface area contributed by atoms with Crippen LogP contribution in [0.1, 0.15) is 20.8 Å². The van der Waals surface area contributed by atoms with Gasteiger partial charge in [-0.05, 0) is 36.4 Å². The summed E-state index contributed by atoms with van der Waals surface area (Å²) in [5.41, 5.74) is 1.72. The molecule has 0 heterocycles. The van der Waals surface area contributed by atoms with E-state index < -0.39 is 5.41 Å². The molecule has 0 bridgehead atoms. The van der Waals surface area contributed by atoms with Crippen molar-refractivity contribution >= 4 is 44.8 Å². The van der Waals surface area contributed by atoms with E-state index in [1.54, 1.807) is 6.07 Å². The second-order valence-electron chi connectivity index (χ2n) is 6.70. The topological polar surface area (TPSA) is 70.2 Å². The van der Waals surface area contributed by atoms with Crippen LogP contribution < -0.4 is 16.0 Å². The van der Waals surface area contributed by atoms with E-state index in [9.17, 15) is 9.59 Å². The minimum atomic E-state index is -0.465. The lowest BCUT2D eigenvalue weighted by Crippen LogP contribution is -2.27. The van der Waals surface area contributed by atoms with Crippen molar-refractivity contribution in [2.75, 3.05) is 22.5 Å². The van der Waals surface area contributed by atoms with Gasteiger partial charge < -0.3 is 16.0 Å². The Bertz CT molecular complexity index is 769. The van der Waals surface area contributed by atoms with Crippen LogP contribution in [0.4, 0.5) is 17.1 Å². The zero-order chi connectivity index (χ0) is 18.4. The number of halogens is 1. The molecule has 132 valence electrons. The molecule has 2 aromatic rings. The minimum absolute atomic E-state index is 0.0583. The molecule has 0 radical (unpaired) electrons. The summed E-state index contributed by atoms with van der Waals surface area (Å²) >= 11 is 3.37. The predicted molar refractivity (Wildman–Crippen MR) is 106 cm³/mol. The van der Waals surface area contributed by atoms with Crippen LogP contribution in [0.5, 0.6) is 0 Å². The molecule has 0 aromatic heterocycles. The van der Waals surface area contributed by atoms with Crippen molar-refractivity contribution in [2.24, 2.45) is 5.41 Å². The van der Waals surface area contributed by atoms with Crippen LogP contribution in [0.2, 0.25) is 0 Å². The molecule has 0 aliphatic rings. The average Bonchev–Trinajstić information content (AvgIpc) is 2.52. The second kappa shape index (κ2) is 8.16. The van der Waals surface area contributed by atoms with Crippen molar-refractivity contribution in [1.82, 2.24) is 0 Å². The number of hydrogen-bond acceptors (Lipinski definition) is 3. The number of rotatable bonds is 5. The fourth-order valence-corrected chi connectivity index (χ4v) is 2.38. The van der Waals surface area contributed by atoms with Crippen molar-refractivity contribution in [3.8, 4) is 0 Å². The van der Waals surface area contributed by atoms with Gasteiger partial charge in [0.2, 0.25) is 11.8 Å². The first-order chi connectivity index (χ1) is 11.7. The number of benzene rings is 2. The van der Waals surface area contributed by atoms with E-state index >= 15 is 0 Å². The lowest BCUT2D eigenvalue weighted by atomic mass is 9.95. The Labute approximate surface area is 156 Å².